The van der Waals surface area contributed by atoms with Gasteiger partial charge in [-0.2, -0.15) is 0 Å². The smallest absolute Gasteiger partial charge is 0.258 e. The van der Waals surface area contributed by atoms with Crippen molar-refractivity contribution >= 4 is 5.91 Å². The number of ether oxygens (including phenoxy) is 2. The molecule has 1 saturated carbocycles. The molecule has 1 unspecified atom stereocenters. The monoisotopic (exact) mass is 278 g/mol. The fraction of sp³-hybridized carbons (Fsp3) is 0.533. The van der Waals surface area contributed by atoms with Gasteiger partial charge < -0.3 is 20.5 Å². The molecule has 0 spiro atoms. The van der Waals surface area contributed by atoms with Crippen LogP contribution >= 0.6 is 0 Å². The molecule has 0 heterocycles. The lowest BCUT2D eigenvalue weighted by Gasteiger charge is -2.13. The second-order valence-corrected chi connectivity index (χ2v) is 5.30. The Labute approximate surface area is 119 Å². The molecule has 1 amide bonds. The Morgan fingerprint density at radius 2 is 2.20 bits per heavy atom. The second-order valence-electron chi connectivity index (χ2n) is 5.30. The van der Waals surface area contributed by atoms with Crippen molar-refractivity contribution in [3.8, 4) is 11.5 Å². The van der Waals surface area contributed by atoms with Gasteiger partial charge in [0.1, 0.15) is 0 Å². The Kier molecular flexibility index (Phi) is 4.84. The van der Waals surface area contributed by atoms with Crippen LogP contribution in [0.5, 0.6) is 11.5 Å². The third kappa shape index (κ3) is 4.42. The first-order chi connectivity index (χ1) is 9.58. The number of nitrogens with one attached hydrogen (secondary N) is 1. The Morgan fingerprint density at radius 3 is 2.80 bits per heavy atom. The summed E-state index contributed by atoms with van der Waals surface area (Å²) in [7, 11) is 1.59. The van der Waals surface area contributed by atoms with E-state index in [2.05, 4.69) is 5.32 Å². The lowest BCUT2D eigenvalue weighted by atomic mass is 10.1. The fourth-order valence-electron chi connectivity index (χ4n) is 1.97. The van der Waals surface area contributed by atoms with Gasteiger partial charge in [-0.05, 0) is 43.9 Å². The highest BCUT2D eigenvalue weighted by Crippen LogP contribution is 2.28. The molecule has 1 fully saturated rings. The van der Waals surface area contributed by atoms with Crippen LogP contribution in [-0.4, -0.2) is 31.7 Å². The number of rotatable bonds is 7. The average Bonchev–Trinajstić information content (AvgIpc) is 3.20. The predicted molar refractivity (Wildman–Crippen MR) is 77.0 cm³/mol. The maximum absolute atomic E-state index is 11.6. The van der Waals surface area contributed by atoms with E-state index in [4.69, 9.17) is 15.2 Å². The fourth-order valence-corrected chi connectivity index (χ4v) is 1.97. The van der Waals surface area contributed by atoms with E-state index in [1.54, 1.807) is 7.11 Å². The Morgan fingerprint density at radius 1 is 1.45 bits per heavy atom. The van der Waals surface area contributed by atoms with E-state index in [1.807, 2.05) is 25.1 Å². The number of methoxy groups -OCH3 is 1. The van der Waals surface area contributed by atoms with Crippen molar-refractivity contribution in [3.05, 3.63) is 23.8 Å². The van der Waals surface area contributed by atoms with Crippen LogP contribution in [0.3, 0.4) is 0 Å². The summed E-state index contributed by atoms with van der Waals surface area (Å²) in [5, 5.41) is 2.88. The van der Waals surface area contributed by atoms with Crippen molar-refractivity contribution in [2.45, 2.75) is 38.3 Å². The molecule has 5 heteroatoms. The molecule has 2 rings (SSSR count). The minimum absolute atomic E-state index is 0.0134. The van der Waals surface area contributed by atoms with Crippen LogP contribution in [0.2, 0.25) is 0 Å². The number of amides is 1. The molecule has 0 saturated heterocycles. The molecule has 1 aromatic rings. The molecule has 0 bridgehead atoms. The predicted octanol–water partition coefficient (Wildman–Crippen LogP) is 1.24. The van der Waals surface area contributed by atoms with Crippen LogP contribution in [-0.2, 0) is 11.2 Å². The molecule has 0 aromatic heterocycles. The normalized spacial score (nSPS) is 15.6. The number of nitrogens with two attached hydrogens (primary N) is 1. The number of benzene rings is 1. The average molecular weight is 278 g/mol. The van der Waals surface area contributed by atoms with Gasteiger partial charge in [-0.15, -0.1) is 0 Å². The number of hydrogen-bond donors (Lipinski definition) is 2. The molecule has 1 aliphatic carbocycles. The zero-order valence-corrected chi connectivity index (χ0v) is 12.0. The first kappa shape index (κ1) is 14.7. The lowest BCUT2D eigenvalue weighted by Crippen LogP contribution is -2.30. The topological polar surface area (TPSA) is 73.6 Å². The Hall–Kier alpha value is -1.75. The molecular weight excluding hydrogens is 256 g/mol. The molecule has 20 heavy (non-hydrogen) atoms. The summed E-state index contributed by atoms with van der Waals surface area (Å²) in [6.07, 6.45) is 2.92. The van der Waals surface area contributed by atoms with Gasteiger partial charge in [-0.3, -0.25) is 4.79 Å². The second kappa shape index (κ2) is 6.61. The minimum Gasteiger partial charge on any atom is -0.493 e. The summed E-state index contributed by atoms with van der Waals surface area (Å²) >= 11 is 0. The summed E-state index contributed by atoms with van der Waals surface area (Å²) in [6.45, 7) is 1.97. The van der Waals surface area contributed by atoms with Gasteiger partial charge >= 0.3 is 0 Å². The summed E-state index contributed by atoms with van der Waals surface area (Å²) < 4.78 is 10.8. The van der Waals surface area contributed by atoms with Crippen LogP contribution in [0, 0.1) is 0 Å². The molecule has 0 aliphatic heterocycles. The van der Waals surface area contributed by atoms with Crippen molar-refractivity contribution in [2.75, 3.05) is 13.7 Å². The maximum atomic E-state index is 11.6. The molecule has 1 atom stereocenters. The van der Waals surface area contributed by atoms with Crippen LogP contribution in [0.4, 0.5) is 0 Å². The maximum Gasteiger partial charge on any atom is 0.258 e. The SMILES string of the molecule is COc1cc(CC(C)N)ccc1OCC(=O)NC1CC1. The van der Waals surface area contributed by atoms with E-state index >= 15 is 0 Å². The molecule has 110 valence electrons. The van der Waals surface area contributed by atoms with Gasteiger partial charge in [0.15, 0.2) is 18.1 Å². The van der Waals surface area contributed by atoms with Crippen molar-refractivity contribution in [1.82, 2.24) is 5.32 Å². The molecule has 0 radical (unpaired) electrons. The highest BCUT2D eigenvalue weighted by molar-refractivity contribution is 5.78. The summed E-state index contributed by atoms with van der Waals surface area (Å²) in [5.74, 6) is 1.11. The number of carbonyl (C=O) groups is 1. The van der Waals surface area contributed by atoms with Crippen molar-refractivity contribution in [2.24, 2.45) is 5.73 Å². The molecule has 1 aliphatic rings. The molecular formula is C15H22N2O3. The van der Waals surface area contributed by atoms with Gasteiger partial charge in [0, 0.05) is 12.1 Å². The van der Waals surface area contributed by atoms with Crippen molar-refractivity contribution in [1.29, 1.82) is 0 Å². The third-order valence-electron chi connectivity index (χ3n) is 3.09. The lowest BCUT2D eigenvalue weighted by molar-refractivity contribution is -0.123. The zero-order valence-electron chi connectivity index (χ0n) is 12.0. The van der Waals surface area contributed by atoms with Crippen LogP contribution in [0.15, 0.2) is 18.2 Å². The standard InChI is InChI=1S/C15H22N2O3/c1-10(16)7-11-3-6-13(14(8-11)19-2)20-9-15(18)17-12-4-5-12/h3,6,8,10,12H,4-5,7,9,16H2,1-2H3,(H,17,18). The minimum atomic E-state index is -0.0887. The zero-order chi connectivity index (χ0) is 14.5. The molecule has 3 N–H and O–H groups in total. The van der Waals surface area contributed by atoms with Crippen molar-refractivity contribution < 1.29 is 14.3 Å². The molecule has 1 aromatic carbocycles. The summed E-state index contributed by atoms with van der Waals surface area (Å²) in [4.78, 5) is 11.6. The highest BCUT2D eigenvalue weighted by Gasteiger charge is 2.23. The Bertz CT molecular complexity index is 470. The van der Waals surface area contributed by atoms with Crippen LogP contribution in [0.1, 0.15) is 25.3 Å². The van der Waals surface area contributed by atoms with E-state index < -0.39 is 0 Å². The largest absolute Gasteiger partial charge is 0.493 e. The Balaban J connectivity index is 1.93. The van der Waals surface area contributed by atoms with Gasteiger partial charge in [0.2, 0.25) is 0 Å². The number of hydrogen-bond acceptors (Lipinski definition) is 4. The first-order valence-corrected chi connectivity index (χ1v) is 6.93. The van der Waals surface area contributed by atoms with E-state index in [9.17, 15) is 4.79 Å². The first-order valence-electron chi connectivity index (χ1n) is 6.93. The van der Waals surface area contributed by atoms with Gasteiger partial charge in [-0.25, -0.2) is 0 Å². The van der Waals surface area contributed by atoms with Crippen molar-refractivity contribution in [3.63, 3.8) is 0 Å². The summed E-state index contributed by atoms with van der Waals surface area (Å²) in [6, 6.07) is 6.11. The van der Waals surface area contributed by atoms with E-state index in [0.717, 1.165) is 24.8 Å². The molecule has 5 nitrogen and oxygen atoms in total. The third-order valence-corrected chi connectivity index (χ3v) is 3.09. The van der Waals surface area contributed by atoms with Gasteiger partial charge in [0.25, 0.3) is 5.91 Å². The summed E-state index contributed by atoms with van der Waals surface area (Å²) in [5.41, 5.74) is 6.87. The van der Waals surface area contributed by atoms with E-state index in [1.165, 1.54) is 0 Å². The van der Waals surface area contributed by atoms with E-state index in [0.29, 0.717) is 17.5 Å². The van der Waals surface area contributed by atoms with Crippen LogP contribution < -0.4 is 20.5 Å². The van der Waals surface area contributed by atoms with Crippen LogP contribution in [0.25, 0.3) is 0 Å². The quantitative estimate of drug-likeness (QED) is 0.787. The van der Waals surface area contributed by atoms with Gasteiger partial charge in [-0.1, -0.05) is 6.07 Å². The number of carbonyl (C=O) groups excluding carboxylic acids is 1. The van der Waals surface area contributed by atoms with Gasteiger partial charge in [0.05, 0.1) is 7.11 Å². The highest BCUT2D eigenvalue weighted by atomic mass is 16.5. The van der Waals surface area contributed by atoms with E-state index in [-0.39, 0.29) is 18.6 Å².